The molecule has 0 amide bonds. The van der Waals surface area contributed by atoms with Gasteiger partial charge in [-0.2, -0.15) is 13.2 Å². The van der Waals surface area contributed by atoms with Gasteiger partial charge < -0.3 is 14.4 Å². The largest absolute Gasteiger partial charge is 0.497 e. The number of halogens is 3. The van der Waals surface area contributed by atoms with Gasteiger partial charge in [0.25, 0.3) is 0 Å². The Morgan fingerprint density at radius 1 is 1.06 bits per heavy atom. The number of methoxy groups -OCH3 is 2. The topological polar surface area (TPSA) is 68.7 Å². The number of nitrogens with zero attached hydrogens (tertiary/aromatic N) is 2. The van der Waals surface area contributed by atoms with Crippen molar-refractivity contribution < 1.29 is 31.1 Å². The maximum atomic E-state index is 13.0. The summed E-state index contributed by atoms with van der Waals surface area (Å²) < 4.78 is 75.8. The van der Waals surface area contributed by atoms with Crippen molar-refractivity contribution in [1.29, 1.82) is 0 Å². The van der Waals surface area contributed by atoms with Crippen molar-refractivity contribution in [1.82, 2.24) is 4.98 Å². The van der Waals surface area contributed by atoms with E-state index in [1.165, 1.54) is 17.4 Å². The molecule has 6 nitrogen and oxygen atoms in total. The molecule has 3 aromatic rings. The van der Waals surface area contributed by atoms with Gasteiger partial charge in [0.05, 0.1) is 35.6 Å². The second kappa shape index (κ2) is 9.46. The van der Waals surface area contributed by atoms with Crippen molar-refractivity contribution in [3.8, 4) is 22.8 Å². The van der Waals surface area contributed by atoms with E-state index in [-0.39, 0.29) is 4.90 Å². The molecule has 34 heavy (non-hydrogen) atoms. The Morgan fingerprint density at radius 3 is 2.44 bits per heavy atom. The number of piperidine rings is 1. The molecule has 1 saturated heterocycles. The van der Waals surface area contributed by atoms with Crippen LogP contribution in [0.25, 0.3) is 11.3 Å². The first-order valence-corrected chi connectivity index (χ1v) is 12.9. The molecule has 182 valence electrons. The van der Waals surface area contributed by atoms with Gasteiger partial charge in [0.1, 0.15) is 11.5 Å². The minimum atomic E-state index is -4.59. The quantitative estimate of drug-likeness (QED) is 0.447. The first-order valence-electron chi connectivity index (χ1n) is 10.5. The number of benzene rings is 2. The number of alkyl halides is 3. The third-order valence-corrected chi connectivity index (χ3v) is 8.98. The molecule has 0 atom stereocenters. The lowest BCUT2D eigenvalue weighted by atomic mass is 10.1. The first kappa shape index (κ1) is 24.3. The SMILES string of the molecule is COc1ccc(OC)c(-c2csc(N3CCC(S(=O)(=O)c4cccc(C(F)(F)F)c4)CC3)n2)c1. The maximum Gasteiger partial charge on any atom is 0.416 e. The van der Waals surface area contributed by atoms with E-state index in [2.05, 4.69) is 0 Å². The average molecular weight is 513 g/mol. The smallest absolute Gasteiger partial charge is 0.416 e. The van der Waals surface area contributed by atoms with Crippen molar-refractivity contribution in [3.63, 3.8) is 0 Å². The van der Waals surface area contributed by atoms with Crippen LogP contribution in [0.5, 0.6) is 11.5 Å². The highest BCUT2D eigenvalue weighted by atomic mass is 32.2. The summed E-state index contributed by atoms with van der Waals surface area (Å²) in [5.74, 6) is 1.33. The van der Waals surface area contributed by atoms with Crippen LogP contribution in [0, 0.1) is 0 Å². The Bertz CT molecular complexity index is 1270. The number of rotatable bonds is 6. The molecule has 1 aliphatic heterocycles. The van der Waals surface area contributed by atoms with E-state index < -0.39 is 26.8 Å². The van der Waals surface area contributed by atoms with Gasteiger partial charge in [-0.25, -0.2) is 13.4 Å². The molecule has 1 aliphatic rings. The van der Waals surface area contributed by atoms with Crippen molar-refractivity contribution in [3.05, 3.63) is 53.4 Å². The van der Waals surface area contributed by atoms with Crippen LogP contribution in [0.15, 0.2) is 52.7 Å². The van der Waals surface area contributed by atoms with E-state index in [4.69, 9.17) is 14.5 Å². The number of hydrogen-bond donors (Lipinski definition) is 0. The molecule has 0 bridgehead atoms. The summed E-state index contributed by atoms with van der Waals surface area (Å²) in [6.07, 6.45) is -3.99. The van der Waals surface area contributed by atoms with Gasteiger partial charge >= 0.3 is 6.18 Å². The molecule has 1 fully saturated rings. The van der Waals surface area contributed by atoms with Crippen molar-refractivity contribution >= 4 is 26.3 Å². The van der Waals surface area contributed by atoms with E-state index in [9.17, 15) is 21.6 Å². The van der Waals surface area contributed by atoms with Crippen LogP contribution >= 0.6 is 11.3 Å². The zero-order valence-corrected chi connectivity index (χ0v) is 20.1. The predicted molar refractivity (Wildman–Crippen MR) is 125 cm³/mol. The molecule has 0 spiro atoms. The molecule has 2 heterocycles. The van der Waals surface area contributed by atoms with Gasteiger partial charge in [0.2, 0.25) is 0 Å². The fourth-order valence-electron chi connectivity index (χ4n) is 3.95. The van der Waals surface area contributed by atoms with Crippen molar-refractivity contribution in [2.45, 2.75) is 29.2 Å². The maximum absolute atomic E-state index is 13.0. The molecule has 0 unspecified atom stereocenters. The molecule has 0 radical (unpaired) electrons. The van der Waals surface area contributed by atoms with E-state index in [0.29, 0.717) is 37.4 Å². The van der Waals surface area contributed by atoms with Gasteiger partial charge in [0.15, 0.2) is 15.0 Å². The fraction of sp³-hybridized carbons (Fsp3) is 0.348. The molecular weight excluding hydrogens is 489 g/mol. The molecule has 11 heteroatoms. The zero-order valence-electron chi connectivity index (χ0n) is 18.5. The number of anilines is 1. The summed E-state index contributed by atoms with van der Waals surface area (Å²) in [6, 6.07) is 9.39. The molecule has 1 aromatic heterocycles. The monoisotopic (exact) mass is 512 g/mol. The van der Waals surface area contributed by atoms with Crippen molar-refractivity contribution in [2.75, 3.05) is 32.2 Å². The number of ether oxygens (including phenoxy) is 2. The Morgan fingerprint density at radius 2 is 1.79 bits per heavy atom. The van der Waals surface area contributed by atoms with Crippen LogP contribution < -0.4 is 14.4 Å². The molecular formula is C23H23F3N2O4S2. The Balaban J connectivity index is 1.49. The average Bonchev–Trinajstić information content (AvgIpc) is 3.33. The summed E-state index contributed by atoms with van der Waals surface area (Å²) in [5, 5.41) is 1.90. The Kier molecular flexibility index (Phi) is 6.77. The third kappa shape index (κ3) is 4.85. The number of sulfone groups is 1. The summed E-state index contributed by atoms with van der Waals surface area (Å²) >= 11 is 1.44. The minimum Gasteiger partial charge on any atom is -0.497 e. The summed E-state index contributed by atoms with van der Waals surface area (Å²) in [7, 11) is -0.722. The highest BCUT2D eigenvalue weighted by molar-refractivity contribution is 7.92. The molecule has 0 saturated carbocycles. The normalized spacial score (nSPS) is 15.4. The van der Waals surface area contributed by atoms with Crippen molar-refractivity contribution in [2.24, 2.45) is 0 Å². The van der Waals surface area contributed by atoms with Crippen LogP contribution in [0.1, 0.15) is 18.4 Å². The van der Waals surface area contributed by atoms with E-state index >= 15 is 0 Å². The predicted octanol–water partition coefficient (Wildman–Crippen LogP) is 5.29. The molecule has 4 rings (SSSR count). The van der Waals surface area contributed by atoms with E-state index in [1.807, 2.05) is 16.3 Å². The summed E-state index contributed by atoms with van der Waals surface area (Å²) in [5.41, 5.74) is 0.537. The van der Waals surface area contributed by atoms with Gasteiger partial charge in [-0.3, -0.25) is 0 Å². The summed E-state index contributed by atoms with van der Waals surface area (Å²) in [6.45, 7) is 0.871. The fourth-order valence-corrected chi connectivity index (χ4v) is 6.60. The standard InChI is InChI=1S/C23H23F3N2O4S2/c1-31-16-6-7-21(32-2)19(13-16)20-14-33-22(27-20)28-10-8-17(9-11-28)34(29,30)18-5-3-4-15(12-18)23(24,25)26/h3-7,12-14,17H,8-11H2,1-2H3. The first-order chi connectivity index (χ1) is 16.1. The summed E-state index contributed by atoms with van der Waals surface area (Å²) in [4.78, 5) is 6.42. The second-order valence-corrected chi connectivity index (χ2v) is 10.9. The lowest BCUT2D eigenvalue weighted by Crippen LogP contribution is -2.39. The van der Waals surface area contributed by atoms with Crippen LogP contribution in [-0.4, -0.2) is 46.0 Å². The van der Waals surface area contributed by atoms with Gasteiger partial charge in [0, 0.05) is 24.0 Å². The minimum absolute atomic E-state index is 0.289. The number of aromatic nitrogens is 1. The lowest BCUT2D eigenvalue weighted by Gasteiger charge is -2.31. The van der Waals surface area contributed by atoms with Crippen LogP contribution in [0.2, 0.25) is 0 Å². The van der Waals surface area contributed by atoms with Crippen LogP contribution in [0.4, 0.5) is 18.3 Å². The van der Waals surface area contributed by atoms with E-state index in [1.54, 1.807) is 26.4 Å². The Labute approximate surface area is 199 Å². The second-order valence-electron chi connectivity index (χ2n) is 7.84. The zero-order chi connectivity index (χ0) is 24.5. The lowest BCUT2D eigenvalue weighted by molar-refractivity contribution is -0.137. The number of hydrogen-bond acceptors (Lipinski definition) is 7. The van der Waals surface area contributed by atoms with E-state index in [0.717, 1.165) is 34.6 Å². The highest BCUT2D eigenvalue weighted by Crippen LogP contribution is 2.37. The molecule has 0 aliphatic carbocycles. The Hall–Kier alpha value is -2.79. The number of thiazole rings is 1. The van der Waals surface area contributed by atoms with Crippen LogP contribution in [0.3, 0.4) is 0 Å². The third-order valence-electron chi connectivity index (χ3n) is 5.82. The van der Waals surface area contributed by atoms with Gasteiger partial charge in [-0.1, -0.05) is 6.07 Å². The van der Waals surface area contributed by atoms with Crippen LogP contribution in [-0.2, 0) is 16.0 Å². The highest BCUT2D eigenvalue weighted by Gasteiger charge is 2.35. The van der Waals surface area contributed by atoms with Gasteiger partial charge in [-0.15, -0.1) is 11.3 Å². The molecule has 2 aromatic carbocycles. The molecule has 0 N–H and O–H groups in total. The van der Waals surface area contributed by atoms with Gasteiger partial charge in [-0.05, 0) is 49.2 Å².